The van der Waals surface area contributed by atoms with Gasteiger partial charge in [-0.25, -0.2) is 18.0 Å². The molecule has 0 atom stereocenters. The minimum atomic E-state index is -1.78. The van der Waals surface area contributed by atoms with Crippen molar-refractivity contribution in [2.45, 2.75) is 0 Å². The lowest BCUT2D eigenvalue weighted by atomic mass is 10.1. The van der Waals surface area contributed by atoms with Crippen molar-refractivity contribution in [3.05, 3.63) is 29.1 Å². The van der Waals surface area contributed by atoms with E-state index in [0.717, 1.165) is 0 Å². The molecule has 0 unspecified atom stereocenters. The standard InChI is InChI=1S/C7H4F3NO2/c8-3-1-2(7(12)13)6(11)5(10)4(3)9/h1H,11H2,(H,12,13). The zero-order chi connectivity index (χ0) is 10.2. The summed E-state index contributed by atoms with van der Waals surface area (Å²) in [5.41, 5.74) is 3.19. The van der Waals surface area contributed by atoms with Crippen LogP contribution in [0.1, 0.15) is 10.4 Å². The molecule has 6 heteroatoms. The summed E-state index contributed by atoms with van der Waals surface area (Å²) in [7, 11) is 0. The second kappa shape index (κ2) is 2.96. The average molecular weight is 191 g/mol. The van der Waals surface area contributed by atoms with Gasteiger partial charge in [-0.2, -0.15) is 0 Å². The Balaban J connectivity index is 3.50. The van der Waals surface area contributed by atoms with E-state index in [9.17, 15) is 18.0 Å². The van der Waals surface area contributed by atoms with Crippen molar-refractivity contribution in [3.8, 4) is 0 Å². The molecule has 0 amide bonds. The second-order valence-electron chi connectivity index (χ2n) is 2.25. The molecule has 0 saturated heterocycles. The summed E-state index contributed by atoms with van der Waals surface area (Å²) < 4.78 is 37.5. The summed E-state index contributed by atoms with van der Waals surface area (Å²) in [4.78, 5) is 10.3. The SMILES string of the molecule is Nc1c(C(=O)O)cc(F)c(F)c1F. The van der Waals surface area contributed by atoms with Crippen LogP contribution < -0.4 is 5.73 Å². The van der Waals surface area contributed by atoms with Gasteiger partial charge in [0.25, 0.3) is 0 Å². The van der Waals surface area contributed by atoms with Gasteiger partial charge in [-0.1, -0.05) is 0 Å². The third kappa shape index (κ3) is 1.42. The zero-order valence-corrected chi connectivity index (χ0v) is 6.14. The molecule has 0 aliphatic heterocycles. The average Bonchev–Trinajstić information content (AvgIpc) is 2.07. The maximum atomic E-state index is 12.6. The number of rotatable bonds is 1. The molecule has 1 aromatic carbocycles. The van der Waals surface area contributed by atoms with E-state index < -0.39 is 34.7 Å². The van der Waals surface area contributed by atoms with Crippen molar-refractivity contribution < 1.29 is 23.1 Å². The van der Waals surface area contributed by atoms with Gasteiger partial charge in [-0.05, 0) is 6.07 Å². The van der Waals surface area contributed by atoms with Crippen LogP contribution in [0.15, 0.2) is 6.07 Å². The van der Waals surface area contributed by atoms with Crippen molar-refractivity contribution in [1.29, 1.82) is 0 Å². The first-order valence-electron chi connectivity index (χ1n) is 3.11. The van der Waals surface area contributed by atoms with Gasteiger partial charge in [0, 0.05) is 0 Å². The predicted octanol–water partition coefficient (Wildman–Crippen LogP) is 1.38. The van der Waals surface area contributed by atoms with Crippen molar-refractivity contribution >= 4 is 11.7 Å². The van der Waals surface area contributed by atoms with Gasteiger partial charge in [0.05, 0.1) is 11.3 Å². The lowest BCUT2D eigenvalue weighted by Crippen LogP contribution is -2.08. The number of halogens is 3. The molecule has 0 saturated carbocycles. The van der Waals surface area contributed by atoms with Crippen molar-refractivity contribution in [3.63, 3.8) is 0 Å². The molecular weight excluding hydrogens is 187 g/mol. The summed E-state index contributed by atoms with van der Waals surface area (Å²) in [6.45, 7) is 0. The molecule has 3 N–H and O–H groups in total. The molecule has 0 radical (unpaired) electrons. The topological polar surface area (TPSA) is 63.3 Å². The second-order valence-corrected chi connectivity index (χ2v) is 2.25. The smallest absolute Gasteiger partial charge is 0.338 e. The molecule has 0 fully saturated rings. The van der Waals surface area contributed by atoms with Crippen LogP contribution >= 0.6 is 0 Å². The molecule has 0 heterocycles. The fraction of sp³-hybridized carbons (Fsp3) is 0. The Labute approximate surface area is 70.6 Å². The molecule has 0 aromatic heterocycles. The molecule has 13 heavy (non-hydrogen) atoms. The molecule has 1 aromatic rings. The minimum absolute atomic E-state index is 0.329. The maximum absolute atomic E-state index is 12.6. The summed E-state index contributed by atoms with van der Waals surface area (Å²) in [6.07, 6.45) is 0. The summed E-state index contributed by atoms with van der Waals surface area (Å²) in [5.74, 6) is -6.65. The van der Waals surface area contributed by atoms with E-state index >= 15 is 0 Å². The van der Waals surface area contributed by atoms with Gasteiger partial charge in [0.15, 0.2) is 17.5 Å². The normalized spacial score (nSPS) is 10.1. The number of hydrogen-bond acceptors (Lipinski definition) is 2. The Morgan fingerprint density at radius 3 is 2.31 bits per heavy atom. The molecule has 70 valence electrons. The van der Waals surface area contributed by atoms with Crippen LogP contribution in [0.3, 0.4) is 0 Å². The number of nitrogen functional groups attached to an aromatic ring is 1. The van der Waals surface area contributed by atoms with Crippen LogP contribution in [-0.4, -0.2) is 11.1 Å². The van der Waals surface area contributed by atoms with Crippen LogP contribution in [0, 0.1) is 17.5 Å². The first kappa shape index (κ1) is 9.37. The maximum Gasteiger partial charge on any atom is 0.338 e. The Kier molecular flexibility index (Phi) is 2.14. The molecule has 0 bridgehead atoms. The zero-order valence-electron chi connectivity index (χ0n) is 6.14. The van der Waals surface area contributed by atoms with Gasteiger partial charge >= 0.3 is 5.97 Å². The Hall–Kier alpha value is -1.72. The highest BCUT2D eigenvalue weighted by atomic mass is 19.2. The highest BCUT2D eigenvalue weighted by Gasteiger charge is 2.19. The number of nitrogens with two attached hydrogens (primary N) is 1. The third-order valence-electron chi connectivity index (χ3n) is 1.43. The van der Waals surface area contributed by atoms with Crippen LogP contribution in [0.5, 0.6) is 0 Å². The van der Waals surface area contributed by atoms with Gasteiger partial charge < -0.3 is 10.8 Å². The van der Waals surface area contributed by atoms with E-state index in [1.165, 1.54) is 0 Å². The molecule has 0 aliphatic rings. The number of anilines is 1. The van der Waals surface area contributed by atoms with E-state index in [1.54, 1.807) is 0 Å². The van der Waals surface area contributed by atoms with Gasteiger partial charge in [0.1, 0.15) is 0 Å². The van der Waals surface area contributed by atoms with Crippen molar-refractivity contribution in [2.75, 3.05) is 5.73 Å². The van der Waals surface area contributed by atoms with E-state index in [1.807, 2.05) is 0 Å². The highest BCUT2D eigenvalue weighted by molar-refractivity contribution is 5.93. The summed E-state index contributed by atoms with van der Waals surface area (Å²) >= 11 is 0. The Bertz CT molecular complexity index is 378. The first-order chi connectivity index (χ1) is 5.95. The molecular formula is C7H4F3NO2. The van der Waals surface area contributed by atoms with E-state index in [0.29, 0.717) is 6.07 Å². The fourth-order valence-corrected chi connectivity index (χ4v) is 0.786. The molecule has 0 aliphatic carbocycles. The number of aromatic carboxylic acids is 1. The molecule has 3 nitrogen and oxygen atoms in total. The lowest BCUT2D eigenvalue weighted by Gasteiger charge is -2.03. The van der Waals surface area contributed by atoms with Crippen molar-refractivity contribution in [1.82, 2.24) is 0 Å². The van der Waals surface area contributed by atoms with Crippen LogP contribution in [-0.2, 0) is 0 Å². The largest absolute Gasteiger partial charge is 0.478 e. The molecule has 0 spiro atoms. The minimum Gasteiger partial charge on any atom is -0.478 e. The Morgan fingerprint density at radius 2 is 1.85 bits per heavy atom. The quantitative estimate of drug-likeness (QED) is 0.520. The number of carboxylic acids is 1. The Morgan fingerprint density at radius 1 is 1.31 bits per heavy atom. The van der Waals surface area contributed by atoms with Crippen LogP contribution in [0.4, 0.5) is 18.9 Å². The molecule has 1 rings (SSSR count). The number of carbonyl (C=O) groups is 1. The predicted molar refractivity (Wildman–Crippen MR) is 37.7 cm³/mol. The van der Waals surface area contributed by atoms with Gasteiger partial charge in [-0.15, -0.1) is 0 Å². The van der Waals surface area contributed by atoms with Crippen LogP contribution in [0.25, 0.3) is 0 Å². The van der Waals surface area contributed by atoms with E-state index in [-0.39, 0.29) is 0 Å². The number of carboxylic acid groups (broad SMARTS) is 1. The van der Waals surface area contributed by atoms with Crippen molar-refractivity contribution in [2.24, 2.45) is 0 Å². The first-order valence-corrected chi connectivity index (χ1v) is 3.11. The highest BCUT2D eigenvalue weighted by Crippen LogP contribution is 2.21. The van der Waals surface area contributed by atoms with E-state index in [2.05, 4.69) is 0 Å². The van der Waals surface area contributed by atoms with Gasteiger partial charge in [0.2, 0.25) is 0 Å². The monoisotopic (exact) mass is 191 g/mol. The number of hydrogen-bond donors (Lipinski definition) is 2. The fourth-order valence-electron chi connectivity index (χ4n) is 0.786. The summed E-state index contributed by atoms with van der Waals surface area (Å²) in [5, 5.41) is 8.37. The van der Waals surface area contributed by atoms with E-state index in [4.69, 9.17) is 10.8 Å². The van der Waals surface area contributed by atoms with Crippen LogP contribution in [0.2, 0.25) is 0 Å². The third-order valence-corrected chi connectivity index (χ3v) is 1.43. The summed E-state index contributed by atoms with van der Waals surface area (Å²) in [6, 6.07) is 0.329. The van der Waals surface area contributed by atoms with Gasteiger partial charge in [-0.3, -0.25) is 0 Å². The lowest BCUT2D eigenvalue weighted by molar-refractivity contribution is 0.0697. The number of benzene rings is 1.